The molecule has 0 aromatic heterocycles. The first-order valence-corrected chi connectivity index (χ1v) is 11.6. The number of rotatable bonds is 8. The number of benzene rings is 2. The fraction of sp³-hybridized carbons (Fsp3) is 0.318. The van der Waals surface area contributed by atoms with E-state index in [-0.39, 0.29) is 4.90 Å². The number of nitrogens with one attached hydrogen (secondary N) is 2. The molecule has 176 valence electrons. The average molecular weight is 475 g/mol. The smallest absolute Gasteiger partial charge is 0.325 e. The van der Waals surface area contributed by atoms with E-state index in [1.54, 1.807) is 31.2 Å². The molecule has 0 bridgehead atoms. The van der Waals surface area contributed by atoms with E-state index in [2.05, 4.69) is 10.6 Å². The highest BCUT2D eigenvalue weighted by Gasteiger charge is 2.49. The lowest BCUT2D eigenvalue weighted by Crippen LogP contribution is -2.42. The van der Waals surface area contributed by atoms with Gasteiger partial charge < -0.3 is 15.4 Å². The molecule has 0 unspecified atom stereocenters. The summed E-state index contributed by atoms with van der Waals surface area (Å²) < 4.78 is 30.8. The predicted octanol–water partition coefficient (Wildman–Crippen LogP) is 1.74. The van der Waals surface area contributed by atoms with Crippen molar-refractivity contribution >= 4 is 33.6 Å². The first-order valence-electron chi connectivity index (χ1n) is 10.2. The second-order valence-electron chi connectivity index (χ2n) is 7.76. The number of imide groups is 1. The average Bonchev–Trinajstić information content (AvgIpc) is 2.98. The van der Waals surface area contributed by atoms with E-state index in [0.29, 0.717) is 23.6 Å². The molecule has 0 spiro atoms. The Morgan fingerprint density at radius 3 is 2.24 bits per heavy atom. The molecule has 1 aliphatic heterocycles. The molecule has 10 nitrogen and oxygen atoms in total. The maximum atomic E-state index is 13.0. The van der Waals surface area contributed by atoms with Gasteiger partial charge in [-0.25, -0.2) is 17.5 Å². The normalized spacial score (nSPS) is 18.4. The zero-order valence-corrected chi connectivity index (χ0v) is 19.6. The minimum absolute atomic E-state index is 0.0747. The molecule has 4 amide bonds. The Morgan fingerprint density at radius 2 is 1.70 bits per heavy atom. The number of carbonyl (C=O) groups is 3. The zero-order valence-electron chi connectivity index (χ0n) is 18.8. The van der Waals surface area contributed by atoms with Gasteiger partial charge in [-0.1, -0.05) is 12.1 Å². The van der Waals surface area contributed by atoms with E-state index in [0.717, 1.165) is 9.21 Å². The number of ether oxygens (including phenoxy) is 1. The quantitative estimate of drug-likeness (QED) is 0.562. The summed E-state index contributed by atoms with van der Waals surface area (Å²) in [6.45, 7) is 3.45. The van der Waals surface area contributed by atoms with Crippen LogP contribution in [-0.4, -0.2) is 62.7 Å². The van der Waals surface area contributed by atoms with Gasteiger partial charge in [0, 0.05) is 19.8 Å². The Morgan fingerprint density at radius 1 is 1.09 bits per heavy atom. The summed E-state index contributed by atoms with van der Waals surface area (Å²) >= 11 is 0. The van der Waals surface area contributed by atoms with Crippen LogP contribution in [0.15, 0.2) is 53.4 Å². The molecule has 1 heterocycles. The number of nitrogens with zero attached hydrogens (tertiary/aromatic N) is 2. The maximum absolute atomic E-state index is 13.0. The Balaban J connectivity index is 1.69. The van der Waals surface area contributed by atoms with Gasteiger partial charge in [0.05, 0.1) is 11.5 Å². The fourth-order valence-electron chi connectivity index (χ4n) is 3.35. The van der Waals surface area contributed by atoms with E-state index in [4.69, 9.17) is 4.74 Å². The van der Waals surface area contributed by atoms with Crippen LogP contribution in [0.3, 0.4) is 0 Å². The van der Waals surface area contributed by atoms with Crippen LogP contribution in [0.1, 0.15) is 19.4 Å². The highest BCUT2D eigenvalue weighted by Crippen LogP contribution is 2.30. The Bertz CT molecular complexity index is 1160. The number of amides is 4. The number of carbonyl (C=O) groups excluding carboxylic acids is 3. The first kappa shape index (κ1) is 24.2. The summed E-state index contributed by atoms with van der Waals surface area (Å²) in [6, 6.07) is 11.7. The monoisotopic (exact) mass is 474 g/mol. The molecule has 11 heteroatoms. The van der Waals surface area contributed by atoms with Gasteiger partial charge in [0.1, 0.15) is 17.8 Å². The highest BCUT2D eigenvalue weighted by atomic mass is 32.2. The van der Waals surface area contributed by atoms with Gasteiger partial charge >= 0.3 is 6.03 Å². The van der Waals surface area contributed by atoms with Crippen molar-refractivity contribution in [2.45, 2.75) is 24.3 Å². The maximum Gasteiger partial charge on any atom is 0.325 e. The summed E-state index contributed by atoms with van der Waals surface area (Å²) in [6.07, 6.45) is 0. The van der Waals surface area contributed by atoms with Crippen molar-refractivity contribution in [1.29, 1.82) is 0 Å². The number of urea groups is 1. The van der Waals surface area contributed by atoms with Crippen molar-refractivity contribution in [2.75, 3.05) is 32.6 Å². The van der Waals surface area contributed by atoms with Crippen LogP contribution in [0.4, 0.5) is 10.5 Å². The molecule has 1 saturated heterocycles. The van der Waals surface area contributed by atoms with Crippen LogP contribution in [0, 0.1) is 0 Å². The minimum atomic E-state index is -3.59. The topological polar surface area (TPSA) is 125 Å². The third-order valence-corrected chi connectivity index (χ3v) is 7.07. The summed E-state index contributed by atoms with van der Waals surface area (Å²) in [7, 11) is -0.752. The highest BCUT2D eigenvalue weighted by molar-refractivity contribution is 7.89. The van der Waals surface area contributed by atoms with Gasteiger partial charge in [0.15, 0.2) is 0 Å². The molecule has 0 aliphatic carbocycles. The van der Waals surface area contributed by atoms with E-state index >= 15 is 0 Å². The molecule has 2 N–H and O–H groups in total. The van der Waals surface area contributed by atoms with Crippen molar-refractivity contribution in [3.63, 3.8) is 0 Å². The fourth-order valence-corrected chi connectivity index (χ4v) is 4.25. The van der Waals surface area contributed by atoms with E-state index in [1.807, 2.05) is 6.92 Å². The van der Waals surface area contributed by atoms with E-state index < -0.39 is 40.0 Å². The van der Waals surface area contributed by atoms with Crippen molar-refractivity contribution in [3.8, 4) is 5.75 Å². The Hall–Kier alpha value is -3.44. The molecule has 1 atom stereocenters. The van der Waals surface area contributed by atoms with Gasteiger partial charge in [0.2, 0.25) is 15.9 Å². The van der Waals surface area contributed by atoms with Crippen LogP contribution < -0.4 is 15.4 Å². The summed E-state index contributed by atoms with van der Waals surface area (Å²) in [5.74, 6) is -0.515. The molecule has 1 fully saturated rings. The molecular formula is C22H26N4O6S. The van der Waals surface area contributed by atoms with Crippen molar-refractivity contribution in [1.82, 2.24) is 14.5 Å². The van der Waals surface area contributed by atoms with Crippen LogP contribution in [0.25, 0.3) is 0 Å². The van der Waals surface area contributed by atoms with Crippen LogP contribution in [-0.2, 0) is 25.2 Å². The molecular weight excluding hydrogens is 448 g/mol. The Labute approximate surface area is 192 Å². The van der Waals surface area contributed by atoms with Crippen LogP contribution >= 0.6 is 0 Å². The lowest BCUT2D eigenvalue weighted by molar-refractivity contribution is -0.133. The zero-order chi connectivity index (χ0) is 24.4. The second kappa shape index (κ2) is 9.20. The molecule has 0 saturated carbocycles. The molecule has 2 aromatic rings. The van der Waals surface area contributed by atoms with Crippen molar-refractivity contribution in [3.05, 3.63) is 54.1 Å². The van der Waals surface area contributed by atoms with Crippen LogP contribution in [0.2, 0.25) is 0 Å². The standard InChI is InChI=1S/C22H26N4O6S/c1-5-32-17-10-6-15(7-11-17)22(2)20(28)26(21(29)24-22)14-19(27)23-16-8-12-18(13-9-16)33(30,31)25(3)4/h6-13H,5,14H2,1-4H3,(H,23,27)(H,24,29)/t22-/m0/s1. The number of sulfonamides is 1. The molecule has 0 radical (unpaired) electrons. The van der Waals surface area contributed by atoms with E-state index in [1.165, 1.54) is 38.4 Å². The molecule has 2 aromatic carbocycles. The second-order valence-corrected chi connectivity index (χ2v) is 9.92. The number of hydrogen-bond acceptors (Lipinski definition) is 6. The summed E-state index contributed by atoms with van der Waals surface area (Å²) in [5, 5.41) is 5.22. The van der Waals surface area contributed by atoms with Gasteiger partial charge in [-0.3, -0.25) is 14.5 Å². The van der Waals surface area contributed by atoms with Gasteiger partial charge in [-0.15, -0.1) is 0 Å². The number of anilines is 1. The summed E-state index contributed by atoms with van der Waals surface area (Å²) in [4.78, 5) is 38.9. The lowest BCUT2D eigenvalue weighted by atomic mass is 9.92. The van der Waals surface area contributed by atoms with Gasteiger partial charge in [-0.05, 0) is 55.8 Å². The lowest BCUT2D eigenvalue weighted by Gasteiger charge is -2.22. The van der Waals surface area contributed by atoms with Crippen molar-refractivity contribution in [2.24, 2.45) is 0 Å². The SMILES string of the molecule is CCOc1ccc([C@]2(C)NC(=O)N(CC(=O)Nc3ccc(S(=O)(=O)N(C)C)cc3)C2=O)cc1. The van der Waals surface area contributed by atoms with Gasteiger partial charge in [0.25, 0.3) is 5.91 Å². The number of hydrogen-bond donors (Lipinski definition) is 2. The van der Waals surface area contributed by atoms with Crippen LogP contribution in [0.5, 0.6) is 5.75 Å². The predicted molar refractivity (Wildman–Crippen MR) is 121 cm³/mol. The molecule has 3 rings (SSSR count). The van der Waals surface area contributed by atoms with Gasteiger partial charge in [-0.2, -0.15) is 0 Å². The summed E-state index contributed by atoms with van der Waals surface area (Å²) in [5.41, 5.74) is -0.423. The molecule has 1 aliphatic rings. The third-order valence-electron chi connectivity index (χ3n) is 5.24. The van der Waals surface area contributed by atoms with Crippen molar-refractivity contribution < 1.29 is 27.5 Å². The van der Waals surface area contributed by atoms with E-state index in [9.17, 15) is 22.8 Å². The first-order chi connectivity index (χ1) is 15.5. The molecule has 33 heavy (non-hydrogen) atoms. The largest absolute Gasteiger partial charge is 0.494 e. The Kier molecular flexibility index (Phi) is 6.75. The third kappa shape index (κ3) is 4.83. The minimum Gasteiger partial charge on any atom is -0.494 e.